The molecule has 0 fully saturated rings. The van der Waals surface area contributed by atoms with Crippen molar-refractivity contribution in [2.24, 2.45) is 5.92 Å². The minimum atomic E-state index is -0.0503. The van der Waals surface area contributed by atoms with Crippen LogP contribution in [0.3, 0.4) is 0 Å². The Morgan fingerprint density at radius 1 is 1.50 bits per heavy atom. The number of aromatic amines is 1. The normalized spacial score (nSPS) is 17.1. The number of nitrogens with one attached hydrogen (secondary N) is 1. The van der Waals surface area contributed by atoms with Crippen LogP contribution in [0, 0.1) is 11.1 Å². The Morgan fingerprint density at radius 2 is 2.38 bits per heavy atom. The van der Waals surface area contributed by atoms with Crippen LogP contribution in [0.1, 0.15) is 29.6 Å². The number of hydrogen-bond acceptors (Lipinski definition) is 5. The SMILES string of the molecule is C[C@H]1CCc2c(sc3nc(CSc4cccc[n+]4[O-])[nH]c(=O)c23)C1. The van der Waals surface area contributed by atoms with E-state index in [4.69, 9.17) is 0 Å². The van der Waals surface area contributed by atoms with Gasteiger partial charge in [-0.05, 0) is 48.6 Å². The van der Waals surface area contributed by atoms with E-state index in [-0.39, 0.29) is 5.56 Å². The molecule has 3 aromatic heterocycles. The third-order valence-electron chi connectivity index (χ3n) is 4.36. The molecule has 3 aromatic rings. The van der Waals surface area contributed by atoms with Gasteiger partial charge in [0, 0.05) is 17.0 Å². The topological polar surface area (TPSA) is 72.7 Å². The number of fused-ring (bicyclic) bond motifs is 3. The number of aryl methyl sites for hydroxylation is 1. The van der Waals surface area contributed by atoms with E-state index >= 15 is 0 Å². The summed E-state index contributed by atoms with van der Waals surface area (Å²) in [6.07, 6.45) is 4.61. The van der Waals surface area contributed by atoms with E-state index in [9.17, 15) is 10.0 Å². The minimum Gasteiger partial charge on any atom is -0.618 e. The number of thiophene rings is 1. The van der Waals surface area contributed by atoms with Gasteiger partial charge in [-0.2, -0.15) is 4.73 Å². The molecule has 0 spiro atoms. The first-order valence-electron chi connectivity index (χ1n) is 7.96. The van der Waals surface area contributed by atoms with Crippen molar-refractivity contribution in [1.82, 2.24) is 9.97 Å². The van der Waals surface area contributed by atoms with Crippen molar-refractivity contribution in [1.29, 1.82) is 0 Å². The zero-order chi connectivity index (χ0) is 16.7. The summed E-state index contributed by atoms with van der Waals surface area (Å²) < 4.78 is 0.826. The summed E-state index contributed by atoms with van der Waals surface area (Å²) >= 11 is 3.02. The maximum atomic E-state index is 12.5. The van der Waals surface area contributed by atoms with E-state index in [0.29, 0.717) is 22.5 Å². The van der Waals surface area contributed by atoms with Crippen molar-refractivity contribution in [3.63, 3.8) is 0 Å². The highest BCUT2D eigenvalue weighted by atomic mass is 32.2. The summed E-state index contributed by atoms with van der Waals surface area (Å²) in [4.78, 5) is 22.2. The maximum absolute atomic E-state index is 12.5. The molecule has 0 aliphatic heterocycles. The predicted molar refractivity (Wildman–Crippen MR) is 96.4 cm³/mol. The van der Waals surface area contributed by atoms with Crippen molar-refractivity contribution in [2.75, 3.05) is 0 Å². The van der Waals surface area contributed by atoms with Crippen molar-refractivity contribution in [3.05, 3.63) is 56.2 Å². The van der Waals surface area contributed by atoms with Gasteiger partial charge in [-0.15, -0.1) is 11.3 Å². The van der Waals surface area contributed by atoms with Crippen molar-refractivity contribution < 1.29 is 4.73 Å². The zero-order valence-corrected chi connectivity index (χ0v) is 14.9. The number of hydrogen-bond donors (Lipinski definition) is 1. The average molecular weight is 359 g/mol. The molecule has 1 N–H and O–H groups in total. The lowest BCUT2D eigenvalue weighted by molar-refractivity contribution is -0.645. The maximum Gasteiger partial charge on any atom is 0.259 e. The lowest BCUT2D eigenvalue weighted by Crippen LogP contribution is -2.27. The third kappa shape index (κ3) is 2.82. The minimum absolute atomic E-state index is 0.0503. The summed E-state index contributed by atoms with van der Waals surface area (Å²) in [7, 11) is 0. The second-order valence-electron chi connectivity index (χ2n) is 6.20. The lowest BCUT2D eigenvalue weighted by atomic mass is 9.89. The summed E-state index contributed by atoms with van der Waals surface area (Å²) in [5.74, 6) is 1.76. The van der Waals surface area contributed by atoms with Gasteiger partial charge in [0.1, 0.15) is 10.7 Å². The molecule has 0 bridgehead atoms. The summed E-state index contributed by atoms with van der Waals surface area (Å²) in [6.45, 7) is 2.26. The molecule has 0 aromatic carbocycles. The molecule has 1 atom stereocenters. The molecule has 24 heavy (non-hydrogen) atoms. The number of rotatable bonds is 3. The van der Waals surface area contributed by atoms with Gasteiger partial charge in [0.2, 0.25) is 0 Å². The summed E-state index contributed by atoms with van der Waals surface area (Å²) in [5.41, 5.74) is 1.15. The molecular weight excluding hydrogens is 342 g/mol. The van der Waals surface area contributed by atoms with E-state index in [1.165, 1.54) is 28.4 Å². The Labute approximate surface area is 147 Å². The fourth-order valence-corrected chi connectivity index (χ4v) is 5.31. The van der Waals surface area contributed by atoms with Gasteiger partial charge < -0.3 is 10.2 Å². The quantitative estimate of drug-likeness (QED) is 0.443. The van der Waals surface area contributed by atoms with E-state index in [1.807, 2.05) is 6.07 Å². The number of thioether (sulfide) groups is 1. The van der Waals surface area contributed by atoms with Crippen LogP contribution >= 0.6 is 23.1 Å². The fourth-order valence-electron chi connectivity index (χ4n) is 3.13. The second kappa shape index (κ2) is 6.22. The lowest BCUT2D eigenvalue weighted by Gasteiger charge is -2.17. The van der Waals surface area contributed by atoms with Crippen LogP contribution in [0.4, 0.5) is 0 Å². The van der Waals surface area contributed by atoms with Crippen molar-refractivity contribution in [3.8, 4) is 0 Å². The Kier molecular flexibility index (Phi) is 4.05. The van der Waals surface area contributed by atoms with E-state index in [0.717, 1.165) is 34.2 Å². The van der Waals surface area contributed by atoms with E-state index in [2.05, 4.69) is 16.9 Å². The molecule has 0 saturated heterocycles. The molecular formula is C17H17N3O2S2. The largest absolute Gasteiger partial charge is 0.618 e. The smallest absolute Gasteiger partial charge is 0.259 e. The second-order valence-corrected chi connectivity index (χ2v) is 8.28. The standard InChI is InChI=1S/C17H17N3O2S2/c1-10-5-6-11-12(8-10)24-17-15(11)16(21)18-13(19-17)9-23-14-4-2-3-7-20(14)22/h2-4,7,10H,5-6,8-9H2,1H3,(H,18,19,21)/t10-/m0/s1. The van der Waals surface area contributed by atoms with Crippen LogP contribution in [0.25, 0.3) is 10.2 Å². The molecule has 5 nitrogen and oxygen atoms in total. The molecule has 7 heteroatoms. The van der Waals surface area contributed by atoms with Crippen LogP contribution in [0.5, 0.6) is 0 Å². The molecule has 4 rings (SSSR count). The van der Waals surface area contributed by atoms with Crippen molar-refractivity contribution in [2.45, 2.75) is 37.0 Å². The van der Waals surface area contributed by atoms with Crippen LogP contribution < -0.4 is 10.3 Å². The van der Waals surface area contributed by atoms with Crippen LogP contribution in [0.2, 0.25) is 0 Å². The first-order valence-corrected chi connectivity index (χ1v) is 9.76. The van der Waals surface area contributed by atoms with Crippen LogP contribution in [-0.2, 0) is 18.6 Å². The highest BCUT2D eigenvalue weighted by molar-refractivity contribution is 7.98. The number of pyridine rings is 1. The van der Waals surface area contributed by atoms with Gasteiger partial charge in [-0.3, -0.25) is 4.79 Å². The zero-order valence-electron chi connectivity index (χ0n) is 13.2. The summed E-state index contributed by atoms with van der Waals surface area (Å²) in [6, 6.07) is 5.28. The molecule has 0 unspecified atom stereocenters. The average Bonchev–Trinajstić information content (AvgIpc) is 2.91. The highest BCUT2D eigenvalue weighted by Gasteiger charge is 2.23. The first kappa shape index (κ1) is 15.7. The van der Waals surface area contributed by atoms with Gasteiger partial charge in [0.15, 0.2) is 6.20 Å². The molecule has 0 amide bonds. The van der Waals surface area contributed by atoms with Gasteiger partial charge in [-0.25, -0.2) is 4.98 Å². The molecule has 0 saturated carbocycles. The number of nitrogens with zero attached hydrogens (tertiary/aromatic N) is 2. The first-order chi connectivity index (χ1) is 11.6. The van der Waals surface area contributed by atoms with Gasteiger partial charge in [-0.1, -0.05) is 6.92 Å². The van der Waals surface area contributed by atoms with Crippen LogP contribution in [0.15, 0.2) is 34.2 Å². The van der Waals surface area contributed by atoms with Crippen molar-refractivity contribution >= 4 is 33.3 Å². The Morgan fingerprint density at radius 3 is 3.21 bits per heavy atom. The molecule has 3 heterocycles. The summed E-state index contributed by atoms with van der Waals surface area (Å²) in [5, 5.41) is 13.1. The Bertz CT molecular complexity index is 964. The molecule has 0 radical (unpaired) electrons. The molecule has 1 aliphatic carbocycles. The van der Waals surface area contributed by atoms with Gasteiger partial charge in [0.05, 0.1) is 11.1 Å². The Hall–Kier alpha value is -1.86. The van der Waals surface area contributed by atoms with Gasteiger partial charge >= 0.3 is 0 Å². The van der Waals surface area contributed by atoms with E-state index < -0.39 is 0 Å². The Balaban J connectivity index is 1.66. The third-order valence-corrected chi connectivity index (χ3v) is 6.54. The highest BCUT2D eigenvalue weighted by Crippen LogP contribution is 2.35. The predicted octanol–water partition coefficient (Wildman–Crippen LogP) is 3.04. The van der Waals surface area contributed by atoms with Crippen LogP contribution in [-0.4, -0.2) is 9.97 Å². The van der Waals surface area contributed by atoms with E-state index in [1.54, 1.807) is 23.5 Å². The number of H-pyrrole nitrogens is 1. The molecule has 1 aliphatic rings. The fraction of sp³-hybridized carbons (Fsp3) is 0.353. The number of aromatic nitrogens is 3. The molecule has 124 valence electrons. The van der Waals surface area contributed by atoms with Gasteiger partial charge in [0.25, 0.3) is 10.6 Å². The monoisotopic (exact) mass is 359 g/mol.